The van der Waals surface area contributed by atoms with E-state index in [1.165, 1.54) is 0 Å². The maximum atomic E-state index is 10.5. The molecule has 2 heterocycles. The Bertz CT molecular complexity index is 465. The molecule has 0 amide bonds. The van der Waals surface area contributed by atoms with Crippen LogP contribution in [-0.4, -0.2) is 11.1 Å². The first-order valence-corrected chi connectivity index (χ1v) is 4.52. The fourth-order valence-electron chi connectivity index (χ4n) is 1.46. The molecule has 0 aliphatic rings. The van der Waals surface area contributed by atoms with Crippen molar-refractivity contribution in [3.05, 3.63) is 36.0 Å². The molecule has 0 fully saturated rings. The molecule has 4 heteroatoms. The highest BCUT2D eigenvalue weighted by Crippen LogP contribution is 2.27. The van der Waals surface area contributed by atoms with Crippen molar-refractivity contribution in [1.82, 2.24) is 0 Å². The average Bonchev–Trinajstić information content (AvgIpc) is 2.72. The molecule has 0 aliphatic carbocycles. The second-order valence-electron chi connectivity index (χ2n) is 3.23. The molecule has 0 saturated heterocycles. The lowest BCUT2D eigenvalue weighted by molar-refractivity contribution is -0.136. The van der Waals surface area contributed by atoms with Crippen LogP contribution in [0.15, 0.2) is 33.3 Å². The molecule has 0 radical (unpaired) electrons. The van der Waals surface area contributed by atoms with Crippen molar-refractivity contribution in [2.75, 3.05) is 0 Å². The summed E-state index contributed by atoms with van der Waals surface area (Å²) < 4.78 is 10.5. The normalized spacial score (nSPS) is 10.5. The van der Waals surface area contributed by atoms with Crippen LogP contribution in [0.5, 0.6) is 0 Å². The molecule has 2 rings (SSSR count). The predicted molar refractivity (Wildman–Crippen MR) is 52.5 cm³/mol. The molecule has 4 nitrogen and oxygen atoms in total. The van der Waals surface area contributed by atoms with E-state index in [9.17, 15) is 4.79 Å². The average molecular weight is 206 g/mol. The van der Waals surface area contributed by atoms with Crippen LogP contribution in [-0.2, 0) is 11.2 Å². The molecular weight excluding hydrogens is 196 g/mol. The van der Waals surface area contributed by atoms with E-state index in [2.05, 4.69) is 0 Å². The van der Waals surface area contributed by atoms with Gasteiger partial charge in [-0.2, -0.15) is 0 Å². The summed E-state index contributed by atoms with van der Waals surface area (Å²) in [6.07, 6.45) is 1.46. The maximum absolute atomic E-state index is 10.5. The Morgan fingerprint density at radius 3 is 2.93 bits per heavy atom. The van der Waals surface area contributed by atoms with Gasteiger partial charge in [0, 0.05) is 0 Å². The molecule has 0 unspecified atom stereocenters. The van der Waals surface area contributed by atoms with Crippen LogP contribution in [0.25, 0.3) is 11.3 Å². The second kappa shape index (κ2) is 3.65. The topological polar surface area (TPSA) is 63.6 Å². The molecule has 0 bridgehead atoms. The minimum Gasteiger partial charge on any atom is -0.481 e. The predicted octanol–water partition coefficient (Wildman–Crippen LogP) is 2.48. The van der Waals surface area contributed by atoms with Crippen LogP contribution < -0.4 is 0 Å². The van der Waals surface area contributed by atoms with Gasteiger partial charge in [0.15, 0.2) is 0 Å². The first kappa shape index (κ1) is 9.58. The van der Waals surface area contributed by atoms with Gasteiger partial charge in [0.1, 0.15) is 23.7 Å². The van der Waals surface area contributed by atoms with Gasteiger partial charge in [-0.3, -0.25) is 4.79 Å². The Kier molecular flexibility index (Phi) is 2.33. The standard InChI is InChI=1S/C11H10O4/c1-7-9(10-3-2-4-14-10)5-8(15-7)6-11(12)13/h2-5H,6H2,1H3,(H,12,13). The molecule has 1 N–H and O–H groups in total. The van der Waals surface area contributed by atoms with E-state index in [0.29, 0.717) is 17.3 Å². The monoisotopic (exact) mass is 206 g/mol. The first-order chi connectivity index (χ1) is 7.16. The van der Waals surface area contributed by atoms with Crippen LogP contribution in [0.1, 0.15) is 11.5 Å². The highest BCUT2D eigenvalue weighted by Gasteiger charge is 2.13. The van der Waals surface area contributed by atoms with E-state index in [1.807, 2.05) is 6.07 Å². The Labute approximate surface area is 86.1 Å². The van der Waals surface area contributed by atoms with E-state index >= 15 is 0 Å². The van der Waals surface area contributed by atoms with E-state index in [1.54, 1.807) is 25.3 Å². The third-order valence-corrected chi connectivity index (χ3v) is 2.08. The Morgan fingerprint density at radius 1 is 1.53 bits per heavy atom. The number of aliphatic carboxylic acids is 1. The van der Waals surface area contributed by atoms with Crippen molar-refractivity contribution in [2.24, 2.45) is 0 Å². The molecule has 2 aromatic rings. The summed E-state index contributed by atoms with van der Waals surface area (Å²) in [5, 5.41) is 8.61. The fraction of sp³-hybridized carbons (Fsp3) is 0.182. The largest absolute Gasteiger partial charge is 0.481 e. The molecule has 0 atom stereocenters. The number of hydrogen-bond acceptors (Lipinski definition) is 3. The molecule has 15 heavy (non-hydrogen) atoms. The number of hydrogen-bond donors (Lipinski definition) is 1. The third kappa shape index (κ3) is 1.93. The van der Waals surface area contributed by atoms with Crippen LogP contribution in [0.3, 0.4) is 0 Å². The summed E-state index contributed by atoms with van der Waals surface area (Å²) in [5.41, 5.74) is 0.802. The van der Waals surface area contributed by atoms with Crippen LogP contribution >= 0.6 is 0 Å². The van der Waals surface area contributed by atoms with Gasteiger partial charge in [0.25, 0.3) is 0 Å². The lowest BCUT2D eigenvalue weighted by atomic mass is 10.2. The van der Waals surface area contributed by atoms with Crippen molar-refractivity contribution in [2.45, 2.75) is 13.3 Å². The van der Waals surface area contributed by atoms with Crippen molar-refractivity contribution < 1.29 is 18.7 Å². The fourth-order valence-corrected chi connectivity index (χ4v) is 1.46. The molecule has 78 valence electrons. The van der Waals surface area contributed by atoms with Gasteiger partial charge < -0.3 is 13.9 Å². The van der Waals surface area contributed by atoms with Gasteiger partial charge in [0.2, 0.25) is 0 Å². The lowest BCUT2D eigenvalue weighted by Crippen LogP contribution is -1.97. The summed E-state index contributed by atoms with van der Waals surface area (Å²) in [5.74, 6) is 0.884. The zero-order valence-corrected chi connectivity index (χ0v) is 8.19. The number of aryl methyl sites for hydroxylation is 1. The van der Waals surface area contributed by atoms with Gasteiger partial charge in [-0.25, -0.2) is 0 Å². The van der Waals surface area contributed by atoms with Gasteiger partial charge in [-0.15, -0.1) is 0 Å². The van der Waals surface area contributed by atoms with Crippen LogP contribution in [0.4, 0.5) is 0 Å². The summed E-state index contributed by atoms with van der Waals surface area (Å²) in [6.45, 7) is 1.78. The SMILES string of the molecule is Cc1oc(CC(=O)O)cc1-c1ccco1. The minimum absolute atomic E-state index is 0.110. The highest BCUT2D eigenvalue weighted by molar-refractivity contribution is 5.70. The van der Waals surface area contributed by atoms with Crippen LogP contribution in [0, 0.1) is 6.92 Å². The first-order valence-electron chi connectivity index (χ1n) is 4.52. The number of carboxylic acid groups (broad SMARTS) is 1. The molecule has 0 saturated carbocycles. The molecule has 0 spiro atoms. The second-order valence-corrected chi connectivity index (χ2v) is 3.23. The summed E-state index contributed by atoms with van der Waals surface area (Å²) in [4.78, 5) is 10.5. The smallest absolute Gasteiger partial charge is 0.311 e. The van der Waals surface area contributed by atoms with Gasteiger partial charge >= 0.3 is 5.97 Å². The maximum Gasteiger partial charge on any atom is 0.311 e. The van der Waals surface area contributed by atoms with E-state index in [4.69, 9.17) is 13.9 Å². The summed E-state index contributed by atoms with van der Waals surface area (Å²) in [7, 11) is 0. The number of furan rings is 2. The Hall–Kier alpha value is -1.97. The zero-order valence-electron chi connectivity index (χ0n) is 8.19. The Morgan fingerprint density at radius 2 is 2.33 bits per heavy atom. The zero-order chi connectivity index (χ0) is 10.8. The molecular formula is C11H10O4. The Balaban J connectivity index is 2.34. The van der Waals surface area contributed by atoms with Crippen LogP contribution in [0.2, 0.25) is 0 Å². The van der Waals surface area contributed by atoms with Crippen molar-refractivity contribution >= 4 is 5.97 Å². The van der Waals surface area contributed by atoms with Crippen molar-refractivity contribution in [1.29, 1.82) is 0 Å². The lowest BCUT2D eigenvalue weighted by Gasteiger charge is -1.90. The highest BCUT2D eigenvalue weighted by atomic mass is 16.4. The summed E-state index contributed by atoms with van der Waals surface area (Å²) in [6, 6.07) is 5.28. The van der Waals surface area contributed by atoms with Crippen molar-refractivity contribution in [3.63, 3.8) is 0 Å². The molecule has 0 aliphatic heterocycles. The quantitative estimate of drug-likeness (QED) is 0.837. The summed E-state index contributed by atoms with van der Waals surface area (Å²) >= 11 is 0. The van der Waals surface area contributed by atoms with E-state index in [-0.39, 0.29) is 6.42 Å². The van der Waals surface area contributed by atoms with Gasteiger partial charge in [-0.1, -0.05) is 0 Å². The van der Waals surface area contributed by atoms with Gasteiger partial charge in [-0.05, 0) is 25.1 Å². The van der Waals surface area contributed by atoms with E-state index < -0.39 is 5.97 Å². The third-order valence-electron chi connectivity index (χ3n) is 2.08. The van der Waals surface area contributed by atoms with Crippen molar-refractivity contribution in [3.8, 4) is 11.3 Å². The molecule has 2 aromatic heterocycles. The van der Waals surface area contributed by atoms with Gasteiger partial charge in [0.05, 0.1) is 11.8 Å². The number of carboxylic acids is 1. The van der Waals surface area contributed by atoms with E-state index in [0.717, 1.165) is 5.56 Å². The minimum atomic E-state index is -0.908. The molecule has 0 aromatic carbocycles. The number of carbonyl (C=O) groups is 1. The number of rotatable bonds is 3.